The second-order valence-electron chi connectivity index (χ2n) is 4.24. The highest BCUT2D eigenvalue weighted by molar-refractivity contribution is 9.10. The fourth-order valence-electron chi connectivity index (χ4n) is 1.16. The van der Waals surface area contributed by atoms with Crippen LogP contribution in [0.15, 0.2) is 16.6 Å². The molecule has 0 fully saturated rings. The second-order valence-corrected chi connectivity index (χ2v) is 5.09. The average molecular weight is 294 g/mol. The van der Waals surface area contributed by atoms with Crippen molar-refractivity contribution in [3.63, 3.8) is 0 Å². The first kappa shape index (κ1) is 13.4. The lowest BCUT2D eigenvalue weighted by Gasteiger charge is -2.17. The summed E-state index contributed by atoms with van der Waals surface area (Å²) in [5, 5.41) is 12.3. The molecule has 1 aromatic rings. The standard InChI is InChI=1S/C11H14BrF2NO/c1-11(2,16)3-4-15-10-5-7(12)8(13)6-9(10)14/h5-6,15-16H,3-4H2,1-2H3. The maximum Gasteiger partial charge on any atom is 0.149 e. The number of hydrogen-bond acceptors (Lipinski definition) is 2. The maximum atomic E-state index is 13.3. The number of hydrogen-bond donors (Lipinski definition) is 2. The van der Waals surface area contributed by atoms with Crippen LogP contribution >= 0.6 is 15.9 Å². The van der Waals surface area contributed by atoms with Gasteiger partial charge in [-0.05, 0) is 42.3 Å². The Balaban J connectivity index is 2.64. The summed E-state index contributed by atoms with van der Waals surface area (Å²) in [5.41, 5.74) is -0.585. The van der Waals surface area contributed by atoms with Gasteiger partial charge in [-0.3, -0.25) is 0 Å². The third kappa shape index (κ3) is 4.06. The van der Waals surface area contributed by atoms with E-state index in [0.29, 0.717) is 13.0 Å². The van der Waals surface area contributed by atoms with E-state index in [-0.39, 0.29) is 10.2 Å². The lowest BCUT2D eigenvalue weighted by molar-refractivity contribution is 0.0748. The zero-order valence-electron chi connectivity index (χ0n) is 9.15. The lowest BCUT2D eigenvalue weighted by Crippen LogP contribution is -2.22. The van der Waals surface area contributed by atoms with Gasteiger partial charge in [0.25, 0.3) is 0 Å². The molecule has 5 heteroatoms. The molecule has 0 heterocycles. The molecule has 0 aliphatic heterocycles. The van der Waals surface area contributed by atoms with Crippen LogP contribution in [0.5, 0.6) is 0 Å². The molecule has 0 spiro atoms. The lowest BCUT2D eigenvalue weighted by atomic mass is 10.1. The summed E-state index contributed by atoms with van der Waals surface area (Å²) in [6.07, 6.45) is 0.474. The number of anilines is 1. The molecule has 2 N–H and O–H groups in total. The molecule has 0 amide bonds. The number of rotatable bonds is 4. The molecule has 0 saturated heterocycles. The zero-order chi connectivity index (χ0) is 12.3. The molecule has 0 radical (unpaired) electrons. The number of nitrogens with one attached hydrogen (secondary N) is 1. The molecular formula is C11H14BrF2NO. The minimum absolute atomic E-state index is 0.208. The van der Waals surface area contributed by atoms with Crippen LogP contribution < -0.4 is 5.32 Å². The topological polar surface area (TPSA) is 32.3 Å². The molecule has 0 aliphatic rings. The molecule has 2 nitrogen and oxygen atoms in total. The highest BCUT2D eigenvalue weighted by Crippen LogP contribution is 2.23. The molecule has 0 atom stereocenters. The molecule has 0 aliphatic carbocycles. The second kappa shape index (κ2) is 5.10. The van der Waals surface area contributed by atoms with Crippen LogP contribution in [0.3, 0.4) is 0 Å². The third-order valence-electron chi connectivity index (χ3n) is 2.06. The van der Waals surface area contributed by atoms with Crippen LogP contribution in [-0.4, -0.2) is 17.3 Å². The van der Waals surface area contributed by atoms with E-state index in [1.807, 2.05) is 0 Å². The molecule has 0 unspecified atom stereocenters. The zero-order valence-corrected chi connectivity index (χ0v) is 10.7. The molecule has 0 aromatic heterocycles. The largest absolute Gasteiger partial charge is 0.390 e. The molecule has 0 bridgehead atoms. The normalized spacial score (nSPS) is 11.6. The van der Waals surface area contributed by atoms with E-state index in [4.69, 9.17) is 0 Å². The van der Waals surface area contributed by atoms with Crippen molar-refractivity contribution < 1.29 is 13.9 Å². The third-order valence-corrected chi connectivity index (χ3v) is 2.67. The van der Waals surface area contributed by atoms with Gasteiger partial charge in [0.15, 0.2) is 0 Å². The number of aliphatic hydroxyl groups is 1. The van der Waals surface area contributed by atoms with Crippen molar-refractivity contribution in [1.29, 1.82) is 0 Å². The summed E-state index contributed by atoms with van der Waals surface area (Å²) < 4.78 is 26.4. The van der Waals surface area contributed by atoms with E-state index in [1.54, 1.807) is 13.8 Å². The van der Waals surface area contributed by atoms with Gasteiger partial charge in [0.2, 0.25) is 0 Å². The van der Waals surface area contributed by atoms with Crippen molar-refractivity contribution in [2.45, 2.75) is 25.9 Å². The van der Waals surface area contributed by atoms with E-state index < -0.39 is 17.2 Å². The van der Waals surface area contributed by atoms with Gasteiger partial charge in [0, 0.05) is 12.6 Å². The van der Waals surface area contributed by atoms with Crippen LogP contribution in [0.1, 0.15) is 20.3 Å². The summed E-state index contributed by atoms with van der Waals surface area (Å²) in [7, 11) is 0. The first-order valence-corrected chi connectivity index (χ1v) is 5.70. The Hall–Kier alpha value is -0.680. The fraction of sp³-hybridized carbons (Fsp3) is 0.455. The Morgan fingerprint density at radius 2 is 1.94 bits per heavy atom. The minimum atomic E-state index is -0.805. The van der Waals surface area contributed by atoms with Crippen LogP contribution in [-0.2, 0) is 0 Å². The highest BCUT2D eigenvalue weighted by atomic mass is 79.9. The van der Waals surface area contributed by atoms with Gasteiger partial charge in [-0.1, -0.05) is 0 Å². The smallest absolute Gasteiger partial charge is 0.149 e. The summed E-state index contributed by atoms with van der Waals surface area (Å²) in [4.78, 5) is 0. The number of benzene rings is 1. The van der Waals surface area contributed by atoms with Gasteiger partial charge in [0.05, 0.1) is 15.8 Å². The predicted molar refractivity (Wildman–Crippen MR) is 63.5 cm³/mol. The SMILES string of the molecule is CC(C)(O)CCNc1cc(Br)c(F)cc1F. The Labute approximate surface area is 102 Å². The van der Waals surface area contributed by atoms with Crippen LogP contribution in [0.25, 0.3) is 0 Å². The maximum absolute atomic E-state index is 13.3. The number of halogens is 3. The first-order valence-electron chi connectivity index (χ1n) is 4.90. The van der Waals surface area contributed by atoms with E-state index in [9.17, 15) is 13.9 Å². The molecule has 90 valence electrons. The van der Waals surface area contributed by atoms with Gasteiger partial charge in [-0.2, -0.15) is 0 Å². The van der Waals surface area contributed by atoms with Gasteiger partial charge >= 0.3 is 0 Å². The summed E-state index contributed by atoms with van der Waals surface area (Å²) >= 11 is 2.98. The van der Waals surface area contributed by atoms with Crippen molar-refractivity contribution in [2.75, 3.05) is 11.9 Å². The van der Waals surface area contributed by atoms with Crippen molar-refractivity contribution in [2.24, 2.45) is 0 Å². The van der Waals surface area contributed by atoms with Crippen molar-refractivity contribution in [3.8, 4) is 0 Å². The molecule has 0 saturated carbocycles. The monoisotopic (exact) mass is 293 g/mol. The summed E-state index contributed by atoms with van der Waals surface area (Å²) in [6.45, 7) is 3.76. The van der Waals surface area contributed by atoms with Crippen LogP contribution in [0.2, 0.25) is 0 Å². The van der Waals surface area contributed by atoms with Gasteiger partial charge in [-0.25, -0.2) is 8.78 Å². The van der Waals surface area contributed by atoms with E-state index in [2.05, 4.69) is 21.2 Å². The first-order chi connectivity index (χ1) is 7.29. The van der Waals surface area contributed by atoms with E-state index in [0.717, 1.165) is 6.07 Å². The Morgan fingerprint density at radius 1 is 1.31 bits per heavy atom. The Morgan fingerprint density at radius 3 is 2.50 bits per heavy atom. The Kier molecular flexibility index (Phi) is 4.27. The van der Waals surface area contributed by atoms with Crippen LogP contribution in [0.4, 0.5) is 14.5 Å². The molecule has 1 rings (SSSR count). The quantitative estimate of drug-likeness (QED) is 0.835. The van der Waals surface area contributed by atoms with Crippen molar-refractivity contribution >= 4 is 21.6 Å². The average Bonchev–Trinajstić information content (AvgIpc) is 2.11. The summed E-state index contributed by atoms with van der Waals surface area (Å²) in [5.74, 6) is -1.28. The minimum Gasteiger partial charge on any atom is -0.390 e. The van der Waals surface area contributed by atoms with E-state index >= 15 is 0 Å². The molecular weight excluding hydrogens is 280 g/mol. The van der Waals surface area contributed by atoms with Crippen molar-refractivity contribution in [3.05, 3.63) is 28.2 Å². The van der Waals surface area contributed by atoms with Crippen LogP contribution in [0, 0.1) is 11.6 Å². The van der Waals surface area contributed by atoms with Gasteiger partial charge < -0.3 is 10.4 Å². The van der Waals surface area contributed by atoms with E-state index in [1.165, 1.54) is 6.07 Å². The molecule has 16 heavy (non-hydrogen) atoms. The van der Waals surface area contributed by atoms with Crippen molar-refractivity contribution in [1.82, 2.24) is 0 Å². The predicted octanol–water partition coefficient (Wildman–Crippen LogP) is 3.30. The molecule has 1 aromatic carbocycles. The van der Waals surface area contributed by atoms with Gasteiger partial charge in [-0.15, -0.1) is 0 Å². The highest BCUT2D eigenvalue weighted by Gasteiger charge is 2.13. The van der Waals surface area contributed by atoms with Gasteiger partial charge in [0.1, 0.15) is 11.6 Å². The summed E-state index contributed by atoms with van der Waals surface area (Å²) in [6, 6.07) is 2.16. The Bertz CT molecular complexity index is 377. The fourth-order valence-corrected chi connectivity index (χ4v) is 1.50.